The van der Waals surface area contributed by atoms with Gasteiger partial charge in [-0.25, -0.2) is 0 Å². The maximum Gasteiger partial charge on any atom is 0.223 e. The fourth-order valence-corrected chi connectivity index (χ4v) is 1.74. The third-order valence-electron chi connectivity index (χ3n) is 2.90. The molecule has 0 aromatic carbocycles. The van der Waals surface area contributed by atoms with Crippen LogP contribution in [-0.2, 0) is 4.79 Å². The Kier molecular flexibility index (Phi) is 2.67. The van der Waals surface area contributed by atoms with E-state index in [1.54, 1.807) is 0 Å². The summed E-state index contributed by atoms with van der Waals surface area (Å²) >= 11 is 0. The summed E-state index contributed by atoms with van der Waals surface area (Å²) in [6.07, 6.45) is 9.97. The van der Waals surface area contributed by atoms with Crippen LogP contribution in [0.1, 0.15) is 32.1 Å². The number of carbonyl (C=O) groups excluding carboxylic acids is 1. The highest BCUT2D eigenvalue weighted by Crippen LogP contribution is 2.28. The zero-order valence-electron chi connectivity index (χ0n) is 7.96. The van der Waals surface area contributed by atoms with Crippen LogP contribution in [0.5, 0.6) is 0 Å². The third kappa shape index (κ3) is 2.58. The molecule has 1 saturated carbocycles. The van der Waals surface area contributed by atoms with Gasteiger partial charge in [0.2, 0.25) is 5.91 Å². The van der Waals surface area contributed by atoms with Gasteiger partial charge in [0.05, 0.1) is 0 Å². The van der Waals surface area contributed by atoms with Crippen molar-refractivity contribution in [2.75, 3.05) is 6.54 Å². The van der Waals surface area contributed by atoms with Crippen LogP contribution in [0.25, 0.3) is 0 Å². The van der Waals surface area contributed by atoms with Gasteiger partial charge in [0.25, 0.3) is 0 Å². The summed E-state index contributed by atoms with van der Waals surface area (Å²) in [5.41, 5.74) is 0. The van der Waals surface area contributed by atoms with Gasteiger partial charge in [-0.3, -0.25) is 4.79 Å². The molecule has 13 heavy (non-hydrogen) atoms. The number of nitrogens with one attached hydrogen (secondary N) is 1. The van der Waals surface area contributed by atoms with E-state index >= 15 is 0 Å². The number of hydrogen-bond acceptors (Lipinski definition) is 1. The van der Waals surface area contributed by atoms with Crippen LogP contribution in [0.2, 0.25) is 0 Å². The maximum absolute atomic E-state index is 11.6. The summed E-state index contributed by atoms with van der Waals surface area (Å²) in [5.74, 6) is 1.32. The smallest absolute Gasteiger partial charge is 0.223 e. The molecule has 0 radical (unpaired) electrons. The summed E-state index contributed by atoms with van der Waals surface area (Å²) in [7, 11) is 0. The Hall–Kier alpha value is -0.790. The van der Waals surface area contributed by atoms with Gasteiger partial charge in [0, 0.05) is 12.5 Å². The van der Waals surface area contributed by atoms with Crippen molar-refractivity contribution in [3.63, 3.8) is 0 Å². The highest BCUT2D eigenvalue weighted by molar-refractivity contribution is 5.78. The lowest BCUT2D eigenvalue weighted by atomic mass is 9.94. The minimum absolute atomic E-state index is 0.253. The summed E-state index contributed by atoms with van der Waals surface area (Å²) < 4.78 is 0. The van der Waals surface area contributed by atoms with E-state index in [-0.39, 0.29) is 11.8 Å². The number of carbonyl (C=O) groups is 1. The Morgan fingerprint density at radius 2 is 2.15 bits per heavy atom. The summed E-state index contributed by atoms with van der Waals surface area (Å²) in [6.45, 7) is 0.916. The Labute approximate surface area is 79.4 Å². The van der Waals surface area contributed by atoms with E-state index in [2.05, 4.69) is 17.5 Å². The predicted octanol–water partition coefficient (Wildman–Crippen LogP) is 1.87. The van der Waals surface area contributed by atoms with Crippen molar-refractivity contribution < 1.29 is 4.79 Å². The lowest BCUT2D eigenvalue weighted by molar-refractivity contribution is -0.125. The van der Waals surface area contributed by atoms with Crippen molar-refractivity contribution in [1.29, 1.82) is 0 Å². The molecule has 2 heteroatoms. The molecule has 1 amide bonds. The van der Waals surface area contributed by atoms with Crippen LogP contribution < -0.4 is 5.32 Å². The Balaban J connectivity index is 1.71. The minimum atomic E-state index is 0.253. The molecule has 2 nitrogen and oxygen atoms in total. The second-order valence-corrected chi connectivity index (χ2v) is 4.17. The van der Waals surface area contributed by atoms with Gasteiger partial charge in [-0.15, -0.1) is 0 Å². The third-order valence-corrected chi connectivity index (χ3v) is 2.90. The molecule has 0 unspecified atom stereocenters. The minimum Gasteiger partial charge on any atom is -0.356 e. The van der Waals surface area contributed by atoms with E-state index in [4.69, 9.17) is 0 Å². The first-order chi connectivity index (χ1) is 6.36. The molecule has 0 bridgehead atoms. The monoisotopic (exact) mass is 179 g/mol. The lowest BCUT2D eigenvalue weighted by Gasteiger charge is -2.16. The molecule has 0 heterocycles. The average molecular weight is 179 g/mol. The van der Waals surface area contributed by atoms with Gasteiger partial charge in [0.1, 0.15) is 0 Å². The van der Waals surface area contributed by atoms with Crippen LogP contribution in [0.15, 0.2) is 12.2 Å². The second kappa shape index (κ2) is 3.95. The van der Waals surface area contributed by atoms with E-state index in [9.17, 15) is 4.79 Å². The van der Waals surface area contributed by atoms with Crippen molar-refractivity contribution in [2.24, 2.45) is 11.8 Å². The molecule has 0 spiro atoms. The normalized spacial score (nSPS) is 27.2. The van der Waals surface area contributed by atoms with E-state index in [0.717, 1.165) is 31.7 Å². The van der Waals surface area contributed by atoms with E-state index < -0.39 is 0 Å². The maximum atomic E-state index is 11.6. The summed E-state index contributed by atoms with van der Waals surface area (Å²) in [4.78, 5) is 11.6. The second-order valence-electron chi connectivity index (χ2n) is 4.17. The van der Waals surface area contributed by atoms with Crippen molar-refractivity contribution in [3.8, 4) is 0 Å². The van der Waals surface area contributed by atoms with Gasteiger partial charge in [0.15, 0.2) is 0 Å². The molecule has 72 valence electrons. The Morgan fingerprint density at radius 1 is 1.31 bits per heavy atom. The van der Waals surface area contributed by atoms with E-state index in [0.29, 0.717) is 0 Å². The van der Waals surface area contributed by atoms with Crippen LogP contribution in [0, 0.1) is 11.8 Å². The highest BCUT2D eigenvalue weighted by atomic mass is 16.1. The predicted molar refractivity (Wildman–Crippen MR) is 52.2 cm³/mol. The first kappa shape index (κ1) is 8.79. The van der Waals surface area contributed by atoms with Crippen molar-refractivity contribution in [2.45, 2.75) is 32.1 Å². The Bertz CT molecular complexity index is 218. The highest BCUT2D eigenvalue weighted by Gasteiger charge is 2.24. The van der Waals surface area contributed by atoms with E-state index in [1.165, 1.54) is 12.8 Å². The zero-order valence-corrected chi connectivity index (χ0v) is 7.96. The van der Waals surface area contributed by atoms with Gasteiger partial charge in [-0.1, -0.05) is 12.2 Å². The number of rotatable bonds is 3. The molecule has 0 aromatic rings. The van der Waals surface area contributed by atoms with Crippen molar-refractivity contribution >= 4 is 5.91 Å². The van der Waals surface area contributed by atoms with Crippen LogP contribution in [0.3, 0.4) is 0 Å². The van der Waals surface area contributed by atoms with Gasteiger partial charge >= 0.3 is 0 Å². The standard InChI is InChI=1S/C11H17NO/c13-11(12-8-9-6-7-9)10-4-2-1-3-5-10/h1-2,9-10H,3-8H2,(H,12,13)/t10-/m0/s1. The van der Waals surface area contributed by atoms with Gasteiger partial charge < -0.3 is 5.32 Å². The quantitative estimate of drug-likeness (QED) is 0.658. The van der Waals surface area contributed by atoms with Crippen LogP contribution in [0.4, 0.5) is 0 Å². The molecule has 1 atom stereocenters. The molecule has 1 fully saturated rings. The largest absolute Gasteiger partial charge is 0.356 e. The molecule has 0 aliphatic heterocycles. The van der Waals surface area contributed by atoms with Crippen LogP contribution in [-0.4, -0.2) is 12.5 Å². The van der Waals surface area contributed by atoms with Crippen molar-refractivity contribution in [3.05, 3.63) is 12.2 Å². The topological polar surface area (TPSA) is 29.1 Å². The fraction of sp³-hybridized carbons (Fsp3) is 0.727. The molecule has 0 aromatic heterocycles. The first-order valence-electron chi connectivity index (χ1n) is 5.29. The lowest BCUT2D eigenvalue weighted by Crippen LogP contribution is -2.32. The molecule has 2 rings (SSSR count). The molecular weight excluding hydrogens is 162 g/mol. The van der Waals surface area contributed by atoms with Crippen LogP contribution >= 0.6 is 0 Å². The fourth-order valence-electron chi connectivity index (χ4n) is 1.74. The Morgan fingerprint density at radius 3 is 2.77 bits per heavy atom. The molecule has 1 N–H and O–H groups in total. The van der Waals surface area contributed by atoms with E-state index in [1.807, 2.05) is 0 Å². The molecule has 2 aliphatic rings. The number of amides is 1. The van der Waals surface area contributed by atoms with Gasteiger partial charge in [-0.05, 0) is 38.0 Å². The number of hydrogen-bond donors (Lipinski definition) is 1. The SMILES string of the molecule is O=C(NCC1CC1)[C@H]1CC=CCC1. The average Bonchev–Trinajstić information content (AvgIpc) is 2.99. The molecule has 0 saturated heterocycles. The van der Waals surface area contributed by atoms with Gasteiger partial charge in [-0.2, -0.15) is 0 Å². The summed E-state index contributed by atoms with van der Waals surface area (Å²) in [6, 6.07) is 0. The summed E-state index contributed by atoms with van der Waals surface area (Å²) in [5, 5.41) is 3.04. The first-order valence-corrected chi connectivity index (χ1v) is 5.29. The van der Waals surface area contributed by atoms with Crippen molar-refractivity contribution in [1.82, 2.24) is 5.32 Å². The molecular formula is C11H17NO. The number of allylic oxidation sites excluding steroid dienone is 2. The molecule has 2 aliphatic carbocycles. The zero-order chi connectivity index (χ0) is 9.10.